The predicted molar refractivity (Wildman–Crippen MR) is 132 cm³/mol. The third-order valence-electron chi connectivity index (χ3n) is 5.73. The summed E-state index contributed by atoms with van der Waals surface area (Å²) in [5.41, 5.74) is 3.23. The SMILES string of the molecule is COc1cc(-n2cnc3cc(-c4ccc(Cl)cc4)sc3c2=O)ccc1NC[C@H]1CCCN1. The predicted octanol–water partition coefficient (Wildman–Crippen LogP) is 4.94. The largest absolute Gasteiger partial charge is 0.495 e. The van der Waals surface area contributed by atoms with Crippen molar-refractivity contribution >= 4 is 38.8 Å². The van der Waals surface area contributed by atoms with E-state index >= 15 is 0 Å². The molecule has 164 valence electrons. The number of thiophene rings is 1. The van der Waals surface area contributed by atoms with E-state index in [1.165, 1.54) is 24.2 Å². The van der Waals surface area contributed by atoms with E-state index in [1.54, 1.807) is 18.0 Å². The Morgan fingerprint density at radius 1 is 1.25 bits per heavy atom. The second-order valence-electron chi connectivity index (χ2n) is 7.81. The van der Waals surface area contributed by atoms with Crippen LogP contribution in [0.15, 0.2) is 59.7 Å². The second kappa shape index (κ2) is 8.94. The van der Waals surface area contributed by atoms with Gasteiger partial charge in [-0.3, -0.25) is 9.36 Å². The molecule has 2 aromatic carbocycles. The average molecular weight is 467 g/mol. The second-order valence-corrected chi connectivity index (χ2v) is 9.30. The first-order valence-electron chi connectivity index (χ1n) is 10.5. The molecular formula is C24H23ClN4O2S. The van der Waals surface area contributed by atoms with Crippen LogP contribution < -0.4 is 20.9 Å². The van der Waals surface area contributed by atoms with Crippen LogP contribution in [0.5, 0.6) is 5.75 Å². The highest BCUT2D eigenvalue weighted by Crippen LogP contribution is 2.32. The molecule has 1 aliphatic rings. The molecule has 6 nitrogen and oxygen atoms in total. The first-order chi connectivity index (χ1) is 15.6. The Hall–Kier alpha value is -2.87. The van der Waals surface area contributed by atoms with Crippen molar-refractivity contribution in [3.63, 3.8) is 0 Å². The summed E-state index contributed by atoms with van der Waals surface area (Å²) in [5.74, 6) is 0.695. The molecule has 0 unspecified atom stereocenters. The van der Waals surface area contributed by atoms with Gasteiger partial charge in [0, 0.05) is 28.6 Å². The minimum Gasteiger partial charge on any atom is -0.495 e. The molecule has 0 bridgehead atoms. The fraction of sp³-hybridized carbons (Fsp3) is 0.250. The quantitative estimate of drug-likeness (QED) is 0.421. The molecule has 2 aromatic heterocycles. The molecule has 0 spiro atoms. The number of nitrogens with one attached hydrogen (secondary N) is 2. The van der Waals surface area contributed by atoms with E-state index in [2.05, 4.69) is 15.6 Å². The molecule has 0 saturated carbocycles. The number of benzene rings is 2. The van der Waals surface area contributed by atoms with Gasteiger partial charge in [0.25, 0.3) is 5.56 Å². The van der Waals surface area contributed by atoms with Crippen molar-refractivity contribution in [1.29, 1.82) is 0 Å². The third-order valence-corrected chi connectivity index (χ3v) is 7.14. The van der Waals surface area contributed by atoms with Crippen LogP contribution in [0.4, 0.5) is 5.69 Å². The Morgan fingerprint density at radius 3 is 2.84 bits per heavy atom. The minimum absolute atomic E-state index is 0.0990. The van der Waals surface area contributed by atoms with Crippen LogP contribution >= 0.6 is 22.9 Å². The van der Waals surface area contributed by atoms with Gasteiger partial charge in [-0.2, -0.15) is 0 Å². The maximum absolute atomic E-state index is 13.3. The van der Waals surface area contributed by atoms with Gasteiger partial charge in [-0.1, -0.05) is 23.7 Å². The maximum atomic E-state index is 13.3. The first-order valence-corrected chi connectivity index (χ1v) is 11.7. The van der Waals surface area contributed by atoms with Gasteiger partial charge in [-0.25, -0.2) is 4.98 Å². The summed E-state index contributed by atoms with van der Waals surface area (Å²) in [5, 5.41) is 7.62. The van der Waals surface area contributed by atoms with Gasteiger partial charge in [0.05, 0.1) is 24.0 Å². The Balaban J connectivity index is 1.46. The lowest BCUT2D eigenvalue weighted by molar-refractivity contribution is 0.416. The van der Waals surface area contributed by atoms with Crippen LogP contribution in [0.3, 0.4) is 0 Å². The van der Waals surface area contributed by atoms with Crippen molar-refractivity contribution in [2.45, 2.75) is 18.9 Å². The molecule has 0 aliphatic carbocycles. The van der Waals surface area contributed by atoms with Crippen LogP contribution in [0.1, 0.15) is 12.8 Å². The number of aromatic nitrogens is 2. The highest BCUT2D eigenvalue weighted by atomic mass is 35.5. The van der Waals surface area contributed by atoms with Gasteiger partial charge in [-0.05, 0) is 55.3 Å². The van der Waals surface area contributed by atoms with E-state index in [0.29, 0.717) is 32.7 Å². The Kier molecular flexibility index (Phi) is 5.87. The Labute approximate surface area is 194 Å². The zero-order chi connectivity index (χ0) is 22.1. The normalized spacial score (nSPS) is 15.9. The van der Waals surface area contributed by atoms with Gasteiger partial charge in [0.2, 0.25) is 0 Å². The van der Waals surface area contributed by atoms with Crippen molar-refractivity contribution in [3.8, 4) is 21.9 Å². The van der Waals surface area contributed by atoms with Crippen molar-refractivity contribution in [2.24, 2.45) is 0 Å². The minimum atomic E-state index is -0.0990. The number of halogens is 1. The molecule has 4 aromatic rings. The van der Waals surface area contributed by atoms with Gasteiger partial charge >= 0.3 is 0 Å². The lowest BCUT2D eigenvalue weighted by Crippen LogP contribution is -2.29. The molecule has 3 heterocycles. The Morgan fingerprint density at radius 2 is 2.09 bits per heavy atom. The van der Waals surface area contributed by atoms with Crippen LogP contribution in [-0.4, -0.2) is 35.8 Å². The van der Waals surface area contributed by atoms with E-state index in [-0.39, 0.29) is 5.56 Å². The highest BCUT2D eigenvalue weighted by molar-refractivity contribution is 7.22. The van der Waals surface area contributed by atoms with Gasteiger partial charge in [0.1, 0.15) is 16.8 Å². The van der Waals surface area contributed by atoms with Crippen LogP contribution in [0, 0.1) is 0 Å². The number of hydrogen-bond acceptors (Lipinski definition) is 6. The summed E-state index contributed by atoms with van der Waals surface area (Å²) in [6.45, 7) is 1.91. The van der Waals surface area contributed by atoms with Crippen LogP contribution in [-0.2, 0) is 0 Å². The molecule has 32 heavy (non-hydrogen) atoms. The van der Waals surface area contributed by atoms with Crippen LogP contribution in [0.2, 0.25) is 5.02 Å². The monoisotopic (exact) mass is 466 g/mol. The molecule has 5 rings (SSSR count). The van der Waals surface area contributed by atoms with E-state index in [1.807, 2.05) is 48.5 Å². The van der Waals surface area contributed by atoms with Crippen LogP contribution in [0.25, 0.3) is 26.3 Å². The molecule has 0 radical (unpaired) electrons. The zero-order valence-corrected chi connectivity index (χ0v) is 19.2. The molecule has 1 fully saturated rings. The van der Waals surface area contributed by atoms with Gasteiger partial charge in [0.15, 0.2) is 0 Å². The molecule has 0 amide bonds. The van der Waals surface area contributed by atoms with Crippen molar-refractivity contribution in [3.05, 3.63) is 70.2 Å². The van der Waals surface area contributed by atoms with Gasteiger partial charge in [-0.15, -0.1) is 11.3 Å². The standard InChI is InChI=1S/C24H23ClN4O2S/c1-31-21-11-18(8-9-19(21)27-13-17-3-2-10-26-17)29-14-28-20-12-22(32-23(20)24(29)30)15-4-6-16(25)7-5-15/h4-9,11-12,14,17,26-27H,2-3,10,13H2,1H3/t17-/m1/s1. The van der Waals surface area contributed by atoms with E-state index in [4.69, 9.17) is 16.3 Å². The maximum Gasteiger partial charge on any atom is 0.275 e. The fourth-order valence-corrected chi connectivity index (χ4v) is 5.16. The van der Waals surface area contributed by atoms with Crippen molar-refractivity contribution in [2.75, 3.05) is 25.5 Å². The molecule has 1 aliphatic heterocycles. The third kappa shape index (κ3) is 4.11. The summed E-state index contributed by atoms with van der Waals surface area (Å²) >= 11 is 7.44. The number of methoxy groups -OCH3 is 1. The Bertz CT molecular complexity index is 1310. The summed E-state index contributed by atoms with van der Waals surface area (Å²) in [4.78, 5) is 18.8. The number of anilines is 1. The molecule has 8 heteroatoms. The smallest absolute Gasteiger partial charge is 0.275 e. The topological polar surface area (TPSA) is 68.2 Å². The van der Waals surface area contributed by atoms with E-state index in [9.17, 15) is 4.79 Å². The number of nitrogens with zero attached hydrogens (tertiary/aromatic N) is 2. The average Bonchev–Trinajstić information content (AvgIpc) is 3.49. The fourth-order valence-electron chi connectivity index (χ4n) is 3.99. The summed E-state index contributed by atoms with van der Waals surface area (Å²) in [6, 6.07) is 15.7. The van der Waals surface area contributed by atoms with E-state index in [0.717, 1.165) is 29.2 Å². The van der Waals surface area contributed by atoms with E-state index < -0.39 is 0 Å². The molecule has 1 atom stereocenters. The number of rotatable bonds is 6. The number of fused-ring (bicyclic) bond motifs is 1. The number of hydrogen-bond donors (Lipinski definition) is 2. The zero-order valence-electron chi connectivity index (χ0n) is 17.6. The highest BCUT2D eigenvalue weighted by Gasteiger charge is 2.16. The molecule has 1 saturated heterocycles. The first kappa shape index (κ1) is 21.0. The van der Waals surface area contributed by atoms with Crippen molar-refractivity contribution < 1.29 is 4.74 Å². The number of ether oxygens (including phenoxy) is 1. The van der Waals surface area contributed by atoms with Gasteiger partial charge < -0.3 is 15.4 Å². The summed E-state index contributed by atoms with van der Waals surface area (Å²) in [7, 11) is 1.64. The molecule has 2 N–H and O–H groups in total. The lowest BCUT2D eigenvalue weighted by Gasteiger charge is -2.16. The van der Waals surface area contributed by atoms with Crippen molar-refractivity contribution in [1.82, 2.24) is 14.9 Å². The summed E-state index contributed by atoms with van der Waals surface area (Å²) < 4.78 is 7.78. The molecular weight excluding hydrogens is 444 g/mol. The summed E-state index contributed by atoms with van der Waals surface area (Å²) in [6.07, 6.45) is 3.96. The lowest BCUT2D eigenvalue weighted by atomic mass is 10.2.